The van der Waals surface area contributed by atoms with Gasteiger partial charge in [0.25, 0.3) is 0 Å². The lowest BCUT2D eigenvalue weighted by atomic mass is 9.96. The van der Waals surface area contributed by atoms with Crippen molar-refractivity contribution in [1.29, 1.82) is 0 Å². The SMILES string of the molecule is CCOC(=O)C1=C(C)NC(NN)=N[C@@H]1c1ccc(OC)cc1. The number of carbonyl (C=O) groups is 1. The fourth-order valence-electron chi connectivity index (χ4n) is 2.25. The second-order valence-corrected chi connectivity index (χ2v) is 4.68. The van der Waals surface area contributed by atoms with Gasteiger partial charge in [-0.25, -0.2) is 15.6 Å². The van der Waals surface area contributed by atoms with Gasteiger partial charge >= 0.3 is 5.97 Å². The molecule has 2 rings (SSSR count). The van der Waals surface area contributed by atoms with Gasteiger partial charge in [0.2, 0.25) is 5.96 Å². The Labute approximate surface area is 129 Å². The summed E-state index contributed by atoms with van der Waals surface area (Å²) in [6.07, 6.45) is 0. The number of esters is 1. The van der Waals surface area contributed by atoms with E-state index in [4.69, 9.17) is 15.3 Å². The molecule has 1 aromatic rings. The molecule has 4 N–H and O–H groups in total. The lowest BCUT2D eigenvalue weighted by molar-refractivity contribution is -0.138. The van der Waals surface area contributed by atoms with E-state index in [1.54, 1.807) is 21.0 Å². The summed E-state index contributed by atoms with van der Waals surface area (Å²) < 4.78 is 10.3. The molecule has 0 fully saturated rings. The van der Waals surface area contributed by atoms with Gasteiger partial charge in [-0.2, -0.15) is 0 Å². The summed E-state index contributed by atoms with van der Waals surface area (Å²) in [5.74, 6) is 6.16. The van der Waals surface area contributed by atoms with E-state index in [1.807, 2.05) is 24.3 Å². The zero-order valence-electron chi connectivity index (χ0n) is 12.8. The molecule has 1 aromatic carbocycles. The van der Waals surface area contributed by atoms with Crippen LogP contribution in [0.5, 0.6) is 5.75 Å². The Bertz CT molecular complexity index is 608. The van der Waals surface area contributed by atoms with Crippen molar-refractivity contribution < 1.29 is 14.3 Å². The molecule has 0 aliphatic carbocycles. The van der Waals surface area contributed by atoms with E-state index >= 15 is 0 Å². The zero-order valence-corrected chi connectivity index (χ0v) is 12.8. The summed E-state index contributed by atoms with van der Waals surface area (Å²) in [7, 11) is 1.60. The van der Waals surface area contributed by atoms with E-state index in [2.05, 4.69) is 15.7 Å². The molecule has 1 heterocycles. The van der Waals surface area contributed by atoms with Gasteiger partial charge in [0.15, 0.2) is 0 Å². The van der Waals surface area contributed by atoms with Crippen molar-refractivity contribution >= 4 is 11.9 Å². The first kappa shape index (κ1) is 15.8. The van der Waals surface area contributed by atoms with E-state index in [0.717, 1.165) is 11.3 Å². The van der Waals surface area contributed by atoms with Crippen LogP contribution in [0, 0.1) is 0 Å². The molecule has 7 heteroatoms. The van der Waals surface area contributed by atoms with Crippen molar-refractivity contribution in [3.63, 3.8) is 0 Å². The van der Waals surface area contributed by atoms with Crippen molar-refractivity contribution in [2.24, 2.45) is 10.8 Å². The molecule has 0 unspecified atom stereocenters. The largest absolute Gasteiger partial charge is 0.497 e. The Hall–Kier alpha value is -2.54. The third-order valence-electron chi connectivity index (χ3n) is 3.31. The molecule has 0 saturated heterocycles. The Balaban J connectivity index is 2.42. The van der Waals surface area contributed by atoms with Gasteiger partial charge in [0, 0.05) is 5.70 Å². The molecule has 0 amide bonds. The predicted molar refractivity (Wildman–Crippen MR) is 83.0 cm³/mol. The highest BCUT2D eigenvalue weighted by molar-refractivity contribution is 5.95. The third kappa shape index (κ3) is 3.20. The molecule has 0 bridgehead atoms. The lowest BCUT2D eigenvalue weighted by Crippen LogP contribution is -2.44. The van der Waals surface area contributed by atoms with Crippen LogP contribution >= 0.6 is 0 Å². The van der Waals surface area contributed by atoms with Crippen LogP contribution in [0.2, 0.25) is 0 Å². The maximum absolute atomic E-state index is 12.2. The minimum absolute atomic E-state index is 0.302. The third-order valence-corrected chi connectivity index (χ3v) is 3.31. The molecular weight excluding hydrogens is 284 g/mol. The van der Waals surface area contributed by atoms with Crippen molar-refractivity contribution in [3.8, 4) is 5.75 Å². The molecule has 118 valence electrons. The molecule has 0 aromatic heterocycles. The fraction of sp³-hybridized carbons (Fsp3) is 0.333. The maximum atomic E-state index is 12.2. The van der Waals surface area contributed by atoms with E-state index in [0.29, 0.717) is 23.8 Å². The highest BCUT2D eigenvalue weighted by Gasteiger charge is 2.30. The van der Waals surface area contributed by atoms with Crippen LogP contribution in [-0.2, 0) is 9.53 Å². The molecule has 1 atom stereocenters. The summed E-state index contributed by atoms with van der Waals surface area (Å²) in [6, 6.07) is 6.87. The number of methoxy groups -OCH3 is 1. The predicted octanol–water partition coefficient (Wildman–Crippen LogP) is 0.996. The minimum Gasteiger partial charge on any atom is -0.497 e. The monoisotopic (exact) mass is 304 g/mol. The normalized spacial score (nSPS) is 17.5. The summed E-state index contributed by atoms with van der Waals surface area (Å²) in [4.78, 5) is 16.7. The Kier molecular flexibility index (Phi) is 5.00. The standard InChI is InChI=1S/C15H20N4O3/c1-4-22-14(20)12-9(2)17-15(19-16)18-13(12)10-5-7-11(21-3)8-6-10/h5-8,13H,4,16H2,1-3H3,(H2,17,18,19)/t13-/m1/s1. The lowest BCUT2D eigenvalue weighted by Gasteiger charge is -2.25. The van der Waals surface area contributed by atoms with Crippen LogP contribution in [-0.4, -0.2) is 25.6 Å². The smallest absolute Gasteiger partial charge is 0.338 e. The van der Waals surface area contributed by atoms with E-state index < -0.39 is 12.0 Å². The molecule has 0 saturated carbocycles. The number of hydrogen-bond donors (Lipinski definition) is 3. The van der Waals surface area contributed by atoms with Gasteiger partial charge in [0.1, 0.15) is 11.8 Å². The molecule has 7 nitrogen and oxygen atoms in total. The number of ether oxygens (including phenoxy) is 2. The van der Waals surface area contributed by atoms with Crippen LogP contribution in [0.15, 0.2) is 40.5 Å². The van der Waals surface area contributed by atoms with Crippen molar-refractivity contribution in [3.05, 3.63) is 41.1 Å². The summed E-state index contributed by atoms with van der Waals surface area (Å²) in [6.45, 7) is 3.86. The van der Waals surface area contributed by atoms with Gasteiger partial charge < -0.3 is 14.8 Å². The van der Waals surface area contributed by atoms with E-state index in [1.165, 1.54) is 0 Å². The quantitative estimate of drug-likeness (QED) is 0.436. The number of hydrazine groups is 1. The van der Waals surface area contributed by atoms with Crippen LogP contribution < -0.4 is 21.3 Å². The zero-order chi connectivity index (χ0) is 16.1. The second kappa shape index (κ2) is 6.95. The summed E-state index contributed by atoms with van der Waals surface area (Å²) >= 11 is 0. The summed E-state index contributed by atoms with van der Waals surface area (Å²) in [5.41, 5.74) is 4.44. The Morgan fingerprint density at radius 3 is 2.64 bits per heavy atom. The van der Waals surface area contributed by atoms with Gasteiger partial charge in [-0.3, -0.25) is 5.43 Å². The number of rotatable bonds is 4. The van der Waals surface area contributed by atoms with Crippen molar-refractivity contribution in [1.82, 2.24) is 10.7 Å². The van der Waals surface area contributed by atoms with E-state index in [-0.39, 0.29) is 0 Å². The molecule has 0 spiro atoms. The molecule has 0 radical (unpaired) electrons. The van der Waals surface area contributed by atoms with Gasteiger partial charge in [-0.15, -0.1) is 0 Å². The van der Waals surface area contributed by atoms with Crippen molar-refractivity contribution in [2.45, 2.75) is 19.9 Å². The Morgan fingerprint density at radius 2 is 2.09 bits per heavy atom. The van der Waals surface area contributed by atoms with Gasteiger partial charge in [0.05, 0.1) is 19.3 Å². The molecule has 1 aliphatic rings. The Morgan fingerprint density at radius 1 is 1.41 bits per heavy atom. The number of allylic oxidation sites excluding steroid dienone is 1. The van der Waals surface area contributed by atoms with Crippen LogP contribution in [0.25, 0.3) is 0 Å². The average Bonchev–Trinajstić information content (AvgIpc) is 2.54. The number of guanidine groups is 1. The molecule has 1 aliphatic heterocycles. The number of benzene rings is 1. The number of nitrogens with one attached hydrogen (secondary N) is 2. The van der Waals surface area contributed by atoms with Crippen LogP contribution in [0.3, 0.4) is 0 Å². The number of nitrogens with zero attached hydrogens (tertiary/aromatic N) is 1. The highest BCUT2D eigenvalue weighted by Crippen LogP contribution is 2.32. The van der Waals surface area contributed by atoms with Crippen LogP contribution in [0.1, 0.15) is 25.5 Å². The summed E-state index contributed by atoms with van der Waals surface area (Å²) in [5, 5.41) is 2.95. The maximum Gasteiger partial charge on any atom is 0.338 e. The van der Waals surface area contributed by atoms with Crippen LogP contribution in [0.4, 0.5) is 0 Å². The fourth-order valence-corrected chi connectivity index (χ4v) is 2.25. The average molecular weight is 304 g/mol. The highest BCUT2D eigenvalue weighted by atomic mass is 16.5. The first-order valence-corrected chi connectivity index (χ1v) is 6.94. The first-order chi connectivity index (χ1) is 10.6. The van der Waals surface area contributed by atoms with Gasteiger partial charge in [-0.05, 0) is 31.5 Å². The molecule has 22 heavy (non-hydrogen) atoms. The first-order valence-electron chi connectivity index (χ1n) is 6.94. The number of nitrogens with two attached hydrogens (primary N) is 1. The topological polar surface area (TPSA) is 98.0 Å². The minimum atomic E-state index is -0.489. The number of hydrogen-bond acceptors (Lipinski definition) is 7. The number of aliphatic imine (C=N–C) groups is 1. The van der Waals surface area contributed by atoms with Crippen molar-refractivity contribution in [2.75, 3.05) is 13.7 Å². The number of carbonyl (C=O) groups excluding carboxylic acids is 1. The second-order valence-electron chi connectivity index (χ2n) is 4.68. The van der Waals surface area contributed by atoms with E-state index in [9.17, 15) is 4.79 Å². The molecular formula is C15H20N4O3. The van der Waals surface area contributed by atoms with Gasteiger partial charge in [-0.1, -0.05) is 12.1 Å².